The van der Waals surface area contributed by atoms with Crippen LogP contribution in [-0.4, -0.2) is 4.98 Å². The van der Waals surface area contributed by atoms with Gasteiger partial charge in [-0.05, 0) is 133 Å². The molecule has 8 atom stereocenters. The van der Waals surface area contributed by atoms with Crippen molar-refractivity contribution in [3.05, 3.63) is 65.4 Å². The summed E-state index contributed by atoms with van der Waals surface area (Å²) in [6.45, 7) is 13.5. The summed E-state index contributed by atoms with van der Waals surface area (Å²) in [7, 11) is 0. The highest BCUT2D eigenvalue weighted by Crippen LogP contribution is 2.68. The third kappa shape index (κ3) is 4.84. The predicted molar refractivity (Wildman–Crippen MR) is 176 cm³/mol. The largest absolute Gasteiger partial charge is 0.489 e. The number of aromatic amines is 1. The first-order valence-electron chi connectivity index (χ1n) is 17.6. The molecule has 2 heteroatoms. The van der Waals surface area contributed by atoms with Gasteiger partial charge in [0.05, 0.1) is 0 Å². The van der Waals surface area contributed by atoms with Crippen LogP contribution < -0.4 is 4.74 Å². The average molecular weight is 566 g/mol. The monoisotopic (exact) mass is 565 g/mol. The Labute approximate surface area is 255 Å². The fraction of sp³-hybridized carbons (Fsp3) is 0.650. The van der Waals surface area contributed by atoms with Crippen molar-refractivity contribution in [3.8, 4) is 5.75 Å². The van der Waals surface area contributed by atoms with Crippen LogP contribution in [0.2, 0.25) is 0 Å². The van der Waals surface area contributed by atoms with Crippen LogP contribution in [0.15, 0.2) is 48.5 Å². The van der Waals surface area contributed by atoms with Gasteiger partial charge in [-0.2, -0.15) is 0 Å². The molecule has 7 rings (SSSR count). The fourth-order valence-corrected chi connectivity index (χ4v) is 11.3. The summed E-state index contributed by atoms with van der Waals surface area (Å²) in [5.74, 6) is 7.28. The minimum absolute atomic E-state index is 0.425. The van der Waals surface area contributed by atoms with Gasteiger partial charge in [0.25, 0.3) is 0 Å². The van der Waals surface area contributed by atoms with Gasteiger partial charge in [0.2, 0.25) is 0 Å². The molecule has 0 saturated heterocycles. The molecule has 1 aromatic heterocycles. The second-order valence-corrected chi connectivity index (χ2v) is 16.1. The van der Waals surface area contributed by atoms with Crippen molar-refractivity contribution in [1.82, 2.24) is 4.98 Å². The van der Waals surface area contributed by atoms with Gasteiger partial charge in [-0.1, -0.05) is 84.2 Å². The minimum Gasteiger partial charge on any atom is -0.489 e. The topological polar surface area (TPSA) is 25.0 Å². The maximum atomic E-state index is 6.29. The molecule has 0 radical (unpaired) electrons. The summed E-state index contributed by atoms with van der Waals surface area (Å²) >= 11 is 0. The van der Waals surface area contributed by atoms with Crippen LogP contribution in [0.4, 0.5) is 0 Å². The number of fused-ring (bicyclic) bond motifs is 8. The van der Waals surface area contributed by atoms with E-state index in [1.54, 1.807) is 5.56 Å². The summed E-state index contributed by atoms with van der Waals surface area (Å²) in [6.07, 6.45) is 15.6. The van der Waals surface area contributed by atoms with Crippen molar-refractivity contribution in [2.24, 2.45) is 52.3 Å². The van der Waals surface area contributed by atoms with Crippen LogP contribution >= 0.6 is 0 Å². The van der Waals surface area contributed by atoms with Crippen molar-refractivity contribution in [2.45, 2.75) is 112 Å². The molecule has 2 aromatic carbocycles. The van der Waals surface area contributed by atoms with E-state index in [9.17, 15) is 0 Å². The molecule has 3 saturated carbocycles. The van der Waals surface area contributed by atoms with Gasteiger partial charge in [0.1, 0.15) is 12.4 Å². The molecule has 1 heterocycles. The van der Waals surface area contributed by atoms with Gasteiger partial charge in [0.15, 0.2) is 0 Å². The zero-order chi connectivity index (χ0) is 29.1. The third-order valence-electron chi connectivity index (χ3n) is 13.5. The molecule has 0 bridgehead atoms. The number of rotatable bonds is 8. The van der Waals surface area contributed by atoms with E-state index in [1.165, 1.54) is 92.8 Å². The Bertz CT molecular complexity index is 1390. The van der Waals surface area contributed by atoms with E-state index in [-0.39, 0.29) is 0 Å². The Kier molecular flexibility index (Phi) is 7.51. The molecular weight excluding hydrogens is 510 g/mol. The zero-order valence-electron chi connectivity index (χ0n) is 27.1. The molecule has 3 fully saturated rings. The van der Waals surface area contributed by atoms with E-state index in [0.717, 1.165) is 47.2 Å². The number of aromatic nitrogens is 1. The summed E-state index contributed by atoms with van der Waals surface area (Å²) in [5.41, 5.74) is 6.64. The van der Waals surface area contributed by atoms with Gasteiger partial charge in [-0.15, -0.1) is 0 Å². The first-order chi connectivity index (χ1) is 20.3. The van der Waals surface area contributed by atoms with Crippen LogP contribution in [0.5, 0.6) is 5.75 Å². The van der Waals surface area contributed by atoms with Crippen LogP contribution in [0.3, 0.4) is 0 Å². The van der Waals surface area contributed by atoms with E-state index < -0.39 is 0 Å². The SMILES string of the molecule is CC(C)CCC[C@@H](C)[C@H]1CC[C@H]2[C@@H]3CC[C@H]4Cc5[nH]c6ccc(OCc7ccccc7)cc6c5C[C@]4(C)[C@H]3CC[C@]12C. The lowest BCUT2D eigenvalue weighted by atomic mass is 9.44. The summed E-state index contributed by atoms with van der Waals surface area (Å²) in [5, 5.41) is 1.41. The molecule has 0 spiro atoms. The average Bonchev–Trinajstić information content (AvgIpc) is 3.51. The highest BCUT2D eigenvalue weighted by atomic mass is 16.5. The van der Waals surface area contributed by atoms with E-state index in [2.05, 4.69) is 88.1 Å². The lowest BCUT2D eigenvalue weighted by Crippen LogP contribution is -2.54. The van der Waals surface area contributed by atoms with Crippen molar-refractivity contribution >= 4 is 10.9 Å². The van der Waals surface area contributed by atoms with Crippen LogP contribution in [0.25, 0.3) is 10.9 Å². The summed E-state index contributed by atoms with van der Waals surface area (Å²) < 4.78 is 6.29. The number of H-pyrrole nitrogens is 1. The van der Waals surface area contributed by atoms with Crippen molar-refractivity contribution < 1.29 is 4.74 Å². The van der Waals surface area contributed by atoms with Crippen LogP contribution in [-0.2, 0) is 19.4 Å². The second kappa shape index (κ2) is 11.0. The van der Waals surface area contributed by atoms with Crippen LogP contribution in [0, 0.1) is 52.3 Å². The van der Waals surface area contributed by atoms with E-state index in [0.29, 0.717) is 17.4 Å². The molecule has 4 aliphatic carbocycles. The van der Waals surface area contributed by atoms with Gasteiger partial charge < -0.3 is 9.72 Å². The number of nitrogens with one attached hydrogen (secondary N) is 1. The predicted octanol–water partition coefficient (Wildman–Crippen LogP) is 10.8. The standard InChI is InChI=1S/C40H55NO/c1-26(2)10-9-11-27(3)34-17-18-35-31-16-14-29-22-38-33(24-40(29,5)36(31)20-21-39(34,35)4)32-23-30(15-19-37(32)41-38)42-25-28-12-7-6-8-13-28/h6-8,12-13,15,19,23,26-27,29,31,34-36,41H,9-11,14,16-18,20-22,24-25H2,1-5H3/t27-,29+,31+,34-,35+,36+,39-,40+/m1/s1. The zero-order valence-corrected chi connectivity index (χ0v) is 27.1. The maximum absolute atomic E-state index is 6.29. The lowest BCUT2D eigenvalue weighted by Gasteiger charge is -2.60. The summed E-state index contributed by atoms with van der Waals surface area (Å²) in [4.78, 5) is 3.87. The Balaban J connectivity index is 1.10. The van der Waals surface area contributed by atoms with Crippen molar-refractivity contribution in [1.29, 1.82) is 0 Å². The van der Waals surface area contributed by atoms with Crippen LogP contribution in [0.1, 0.15) is 109 Å². The lowest BCUT2D eigenvalue weighted by molar-refractivity contribution is -0.103. The molecule has 226 valence electrons. The highest BCUT2D eigenvalue weighted by molar-refractivity contribution is 5.86. The molecule has 42 heavy (non-hydrogen) atoms. The second-order valence-electron chi connectivity index (χ2n) is 16.1. The third-order valence-corrected chi connectivity index (χ3v) is 13.5. The highest BCUT2D eigenvalue weighted by Gasteiger charge is 2.60. The fourth-order valence-electron chi connectivity index (χ4n) is 11.3. The van der Waals surface area contributed by atoms with Crippen molar-refractivity contribution in [3.63, 3.8) is 0 Å². The summed E-state index contributed by atoms with van der Waals surface area (Å²) in [6, 6.07) is 17.3. The first kappa shape index (κ1) is 28.5. The Hall–Kier alpha value is -2.22. The van der Waals surface area contributed by atoms with Gasteiger partial charge in [-0.25, -0.2) is 0 Å². The molecule has 0 unspecified atom stereocenters. The molecular formula is C40H55NO. The molecule has 1 N–H and O–H groups in total. The quantitative estimate of drug-likeness (QED) is 0.289. The van der Waals surface area contributed by atoms with E-state index >= 15 is 0 Å². The van der Waals surface area contributed by atoms with Crippen molar-refractivity contribution in [2.75, 3.05) is 0 Å². The number of benzene rings is 2. The van der Waals surface area contributed by atoms with Gasteiger partial charge in [0, 0.05) is 16.6 Å². The number of ether oxygens (including phenoxy) is 1. The minimum atomic E-state index is 0.425. The van der Waals surface area contributed by atoms with Gasteiger partial charge >= 0.3 is 0 Å². The number of hydrogen-bond donors (Lipinski definition) is 1. The van der Waals surface area contributed by atoms with E-state index in [4.69, 9.17) is 4.74 Å². The maximum Gasteiger partial charge on any atom is 0.120 e. The molecule has 3 aromatic rings. The smallest absolute Gasteiger partial charge is 0.120 e. The van der Waals surface area contributed by atoms with Gasteiger partial charge in [-0.3, -0.25) is 0 Å². The van der Waals surface area contributed by atoms with E-state index in [1.807, 2.05) is 0 Å². The molecule has 0 amide bonds. The number of hydrogen-bond acceptors (Lipinski definition) is 1. The first-order valence-corrected chi connectivity index (χ1v) is 17.6. The normalized spacial score (nSPS) is 34.5. The Morgan fingerprint density at radius 3 is 2.50 bits per heavy atom. The Morgan fingerprint density at radius 1 is 0.881 bits per heavy atom. The molecule has 2 nitrogen and oxygen atoms in total. The molecule has 0 aliphatic heterocycles. The molecule has 4 aliphatic rings. The Morgan fingerprint density at radius 2 is 1.69 bits per heavy atom.